The van der Waals surface area contributed by atoms with Crippen molar-refractivity contribution >= 4 is 35.3 Å². The Hall–Kier alpha value is -4.48. The van der Waals surface area contributed by atoms with E-state index < -0.39 is 34.2 Å². The minimum Gasteiger partial charge on any atom is -0.481 e. The number of rotatable bonds is 6. The van der Waals surface area contributed by atoms with Gasteiger partial charge in [0.2, 0.25) is 5.75 Å². The molecule has 2 aromatic carbocycles. The van der Waals surface area contributed by atoms with E-state index in [1.54, 1.807) is 20.8 Å². The number of carbonyl (C=O) groups is 4. The molecule has 3 N–H and O–H groups in total. The van der Waals surface area contributed by atoms with E-state index in [1.807, 2.05) is 0 Å². The summed E-state index contributed by atoms with van der Waals surface area (Å²) in [5, 5.41) is 19.9. The standard InChI is InChI=1S/C14H17NO6.C10H11NO4/c1-8(16)21-11-7-9(13(17)20-5)6-10(14(2,3)4)12(11)15(18)19;1-15-10(14)6-2-3-8(11)7(4-6)5-9(12)13/h6-7H,1-5H3;2-4H,5,11H2,1H3,(H,12,13). The minimum absolute atomic E-state index is 0.0873. The van der Waals surface area contributed by atoms with E-state index >= 15 is 0 Å². The second-order valence-corrected chi connectivity index (χ2v) is 8.44. The van der Waals surface area contributed by atoms with Crippen LogP contribution in [0.1, 0.15) is 59.5 Å². The van der Waals surface area contributed by atoms with Crippen LogP contribution in [0.25, 0.3) is 0 Å². The van der Waals surface area contributed by atoms with E-state index in [1.165, 1.54) is 38.5 Å². The van der Waals surface area contributed by atoms with Crippen molar-refractivity contribution in [2.45, 2.75) is 39.5 Å². The van der Waals surface area contributed by atoms with Crippen molar-refractivity contribution in [3.05, 3.63) is 62.7 Å². The Balaban J connectivity index is 0.000000381. The van der Waals surface area contributed by atoms with Crippen molar-refractivity contribution in [3.63, 3.8) is 0 Å². The zero-order valence-corrected chi connectivity index (χ0v) is 20.7. The minimum atomic E-state index is -0.997. The van der Waals surface area contributed by atoms with Gasteiger partial charge in [-0.3, -0.25) is 19.7 Å². The van der Waals surface area contributed by atoms with Gasteiger partial charge in [-0.25, -0.2) is 9.59 Å². The first-order valence-corrected chi connectivity index (χ1v) is 10.4. The molecule has 0 aliphatic carbocycles. The van der Waals surface area contributed by atoms with Crippen LogP contribution < -0.4 is 10.5 Å². The van der Waals surface area contributed by atoms with Crippen LogP contribution in [-0.2, 0) is 30.9 Å². The molecule has 0 aromatic heterocycles. The molecule has 0 spiro atoms. The lowest BCUT2D eigenvalue weighted by atomic mass is 9.84. The molecule has 2 rings (SSSR count). The van der Waals surface area contributed by atoms with Gasteiger partial charge in [0.1, 0.15) is 0 Å². The Morgan fingerprint density at radius 3 is 2.00 bits per heavy atom. The van der Waals surface area contributed by atoms with Crippen LogP contribution in [0, 0.1) is 10.1 Å². The molecule has 0 aliphatic rings. The quantitative estimate of drug-likeness (QED) is 0.193. The number of carbonyl (C=O) groups excluding carboxylic acids is 3. The van der Waals surface area contributed by atoms with Crippen molar-refractivity contribution in [3.8, 4) is 5.75 Å². The third-order valence-corrected chi connectivity index (χ3v) is 4.65. The molecule has 0 radical (unpaired) electrons. The number of nitrogen functional groups attached to an aromatic ring is 1. The average Bonchev–Trinajstić information content (AvgIpc) is 2.77. The first-order chi connectivity index (χ1) is 16.6. The topological polar surface area (TPSA) is 185 Å². The number of nitrogens with two attached hydrogens (primary N) is 1. The number of aliphatic carboxylic acids is 1. The maximum Gasteiger partial charge on any atom is 0.338 e. The van der Waals surface area contributed by atoms with Gasteiger partial charge in [-0.2, -0.15) is 0 Å². The van der Waals surface area contributed by atoms with Crippen LogP contribution in [0.3, 0.4) is 0 Å². The number of hydrogen-bond donors (Lipinski definition) is 2. The molecule has 0 fully saturated rings. The smallest absolute Gasteiger partial charge is 0.338 e. The predicted octanol–water partition coefficient (Wildman–Crippen LogP) is 3.29. The van der Waals surface area contributed by atoms with Gasteiger partial charge >= 0.3 is 29.6 Å². The second-order valence-electron chi connectivity index (χ2n) is 8.44. The maximum absolute atomic E-state index is 11.7. The molecule has 12 heteroatoms. The summed E-state index contributed by atoms with van der Waals surface area (Å²) in [6.07, 6.45) is -0.212. The van der Waals surface area contributed by atoms with Gasteiger partial charge in [0.05, 0.1) is 36.7 Å². The molecular weight excluding hydrogens is 476 g/mol. The number of benzene rings is 2. The summed E-state index contributed by atoms with van der Waals surface area (Å²) in [6, 6.07) is 6.93. The summed E-state index contributed by atoms with van der Waals surface area (Å²) < 4.78 is 14.0. The number of nitro benzene ring substituents is 1. The number of nitrogens with zero attached hydrogens (tertiary/aromatic N) is 1. The number of ether oxygens (including phenoxy) is 3. The zero-order chi connectivity index (χ0) is 27.8. The molecule has 0 aliphatic heterocycles. The molecule has 0 atom stereocenters. The summed E-state index contributed by atoms with van der Waals surface area (Å²) in [5.41, 5.74) is 6.04. The van der Waals surface area contributed by atoms with E-state index in [2.05, 4.69) is 9.47 Å². The Morgan fingerprint density at radius 1 is 1.00 bits per heavy atom. The molecule has 2 aromatic rings. The van der Waals surface area contributed by atoms with Gasteiger partial charge in [-0.05, 0) is 35.2 Å². The molecular formula is C24H28N2O10. The number of carboxylic acids is 1. The lowest BCUT2D eigenvalue weighted by Crippen LogP contribution is -2.17. The van der Waals surface area contributed by atoms with E-state index in [9.17, 15) is 29.3 Å². The van der Waals surface area contributed by atoms with Crippen molar-refractivity contribution < 1.29 is 43.4 Å². The highest BCUT2D eigenvalue weighted by molar-refractivity contribution is 5.92. The number of hydrogen-bond acceptors (Lipinski definition) is 10. The molecule has 0 saturated carbocycles. The second kappa shape index (κ2) is 12.3. The molecule has 0 saturated heterocycles. The summed E-state index contributed by atoms with van der Waals surface area (Å²) in [6.45, 7) is 6.40. The first kappa shape index (κ1) is 29.6. The molecule has 36 heavy (non-hydrogen) atoms. The number of anilines is 1. The number of carboxylic acid groups (broad SMARTS) is 1. The molecule has 0 unspecified atom stereocenters. The van der Waals surface area contributed by atoms with Crippen LogP contribution >= 0.6 is 0 Å². The van der Waals surface area contributed by atoms with Gasteiger partial charge < -0.3 is 25.1 Å². The van der Waals surface area contributed by atoms with Crippen LogP contribution in [0.4, 0.5) is 11.4 Å². The van der Waals surface area contributed by atoms with Gasteiger partial charge in [0.25, 0.3) is 0 Å². The molecule has 12 nitrogen and oxygen atoms in total. The van der Waals surface area contributed by atoms with Gasteiger partial charge in [-0.15, -0.1) is 0 Å². The Kier molecular flexibility index (Phi) is 10.1. The fourth-order valence-corrected chi connectivity index (χ4v) is 3.00. The summed E-state index contributed by atoms with van der Waals surface area (Å²) in [7, 11) is 2.46. The maximum atomic E-state index is 11.7. The van der Waals surface area contributed by atoms with Gasteiger partial charge in [0.15, 0.2) is 0 Å². The lowest BCUT2D eigenvalue weighted by molar-refractivity contribution is -0.386. The number of nitro groups is 1. The van der Waals surface area contributed by atoms with E-state index in [0.717, 1.165) is 13.0 Å². The van der Waals surface area contributed by atoms with E-state index in [-0.39, 0.29) is 29.0 Å². The van der Waals surface area contributed by atoms with Crippen LogP contribution in [0.2, 0.25) is 0 Å². The molecule has 194 valence electrons. The van der Waals surface area contributed by atoms with Crippen LogP contribution in [0.5, 0.6) is 5.75 Å². The molecule has 0 amide bonds. The van der Waals surface area contributed by atoms with Crippen molar-refractivity contribution in [1.82, 2.24) is 0 Å². The van der Waals surface area contributed by atoms with Crippen molar-refractivity contribution in [2.24, 2.45) is 0 Å². The Bertz CT molecular complexity index is 1180. The summed E-state index contributed by atoms with van der Waals surface area (Å²) in [5.74, 6) is -3.14. The van der Waals surface area contributed by atoms with Crippen molar-refractivity contribution in [2.75, 3.05) is 20.0 Å². The largest absolute Gasteiger partial charge is 0.481 e. The highest BCUT2D eigenvalue weighted by Crippen LogP contribution is 2.39. The zero-order valence-electron chi connectivity index (χ0n) is 20.7. The third kappa shape index (κ3) is 8.08. The first-order valence-electron chi connectivity index (χ1n) is 10.4. The third-order valence-electron chi connectivity index (χ3n) is 4.65. The van der Waals surface area contributed by atoms with Crippen LogP contribution in [0.15, 0.2) is 30.3 Å². The lowest BCUT2D eigenvalue weighted by Gasteiger charge is -2.20. The molecule has 0 bridgehead atoms. The monoisotopic (exact) mass is 504 g/mol. The summed E-state index contributed by atoms with van der Waals surface area (Å²) >= 11 is 0. The van der Waals surface area contributed by atoms with Crippen molar-refractivity contribution in [1.29, 1.82) is 0 Å². The average molecular weight is 504 g/mol. The fraction of sp³-hybridized carbons (Fsp3) is 0.333. The van der Waals surface area contributed by atoms with E-state index in [0.29, 0.717) is 16.8 Å². The highest BCUT2D eigenvalue weighted by atomic mass is 16.6. The Labute approximate surface area is 207 Å². The number of methoxy groups -OCH3 is 2. The summed E-state index contributed by atoms with van der Waals surface area (Å²) in [4.78, 5) is 55.2. The van der Waals surface area contributed by atoms with Gasteiger partial charge in [0, 0.05) is 24.2 Å². The normalized spacial score (nSPS) is 10.4. The van der Waals surface area contributed by atoms with Crippen LogP contribution in [-0.4, -0.2) is 48.1 Å². The van der Waals surface area contributed by atoms with Gasteiger partial charge in [-0.1, -0.05) is 20.8 Å². The highest BCUT2D eigenvalue weighted by Gasteiger charge is 2.32. The predicted molar refractivity (Wildman–Crippen MR) is 128 cm³/mol. The fourth-order valence-electron chi connectivity index (χ4n) is 3.00. The van der Waals surface area contributed by atoms with E-state index in [4.69, 9.17) is 15.6 Å². The SMILES string of the molecule is COC(=O)c1cc(OC(C)=O)c([N+](=O)[O-])c(C(C)(C)C)c1.COC(=O)c1ccc(N)c(CC(=O)O)c1. The Morgan fingerprint density at radius 2 is 1.56 bits per heavy atom. The molecule has 0 heterocycles. The number of esters is 3.